The van der Waals surface area contributed by atoms with Gasteiger partial charge in [-0.2, -0.15) is 0 Å². The van der Waals surface area contributed by atoms with Gasteiger partial charge in [0.1, 0.15) is 0 Å². The van der Waals surface area contributed by atoms with Crippen LogP contribution in [0.4, 0.5) is 0 Å². The fourth-order valence-corrected chi connectivity index (χ4v) is 2.76. The highest BCUT2D eigenvalue weighted by atomic mass is 16.5. The van der Waals surface area contributed by atoms with E-state index in [0.717, 1.165) is 32.2 Å². The summed E-state index contributed by atoms with van der Waals surface area (Å²) >= 11 is 0. The molecule has 84 valence electrons. The van der Waals surface area contributed by atoms with Crippen LogP contribution in [0.2, 0.25) is 0 Å². The van der Waals surface area contributed by atoms with E-state index in [0.29, 0.717) is 6.42 Å². The Bertz CT molecular complexity index is 277. The molecule has 1 amide bonds. The largest absolute Gasteiger partial charge is 0.469 e. The first-order valence-corrected chi connectivity index (χ1v) is 5.61. The van der Waals surface area contributed by atoms with E-state index in [4.69, 9.17) is 4.74 Å². The molecule has 4 heteroatoms. The van der Waals surface area contributed by atoms with Crippen LogP contribution in [-0.2, 0) is 14.3 Å². The van der Waals surface area contributed by atoms with Crippen LogP contribution in [-0.4, -0.2) is 36.5 Å². The second kappa shape index (κ2) is 4.21. The van der Waals surface area contributed by atoms with Gasteiger partial charge in [0.2, 0.25) is 5.91 Å². The fraction of sp³-hybridized carbons (Fsp3) is 0.818. The average Bonchev–Trinajstić information content (AvgIpc) is 2.28. The summed E-state index contributed by atoms with van der Waals surface area (Å²) < 4.78 is 4.80. The van der Waals surface area contributed by atoms with E-state index in [-0.39, 0.29) is 23.8 Å². The summed E-state index contributed by atoms with van der Waals surface area (Å²) in [4.78, 5) is 25.1. The normalized spacial score (nSPS) is 31.0. The maximum absolute atomic E-state index is 11.7. The number of amides is 1. The van der Waals surface area contributed by atoms with Crippen molar-refractivity contribution in [1.29, 1.82) is 0 Å². The van der Waals surface area contributed by atoms with Crippen molar-refractivity contribution >= 4 is 11.9 Å². The van der Waals surface area contributed by atoms with Crippen molar-refractivity contribution in [3.8, 4) is 0 Å². The van der Waals surface area contributed by atoms with Gasteiger partial charge < -0.3 is 9.64 Å². The highest BCUT2D eigenvalue weighted by Gasteiger charge is 2.40. The zero-order valence-corrected chi connectivity index (χ0v) is 9.07. The summed E-state index contributed by atoms with van der Waals surface area (Å²) in [6.07, 6.45) is 4.28. The number of carbonyl (C=O) groups excluding carboxylic acids is 2. The van der Waals surface area contributed by atoms with E-state index in [2.05, 4.69) is 0 Å². The van der Waals surface area contributed by atoms with Gasteiger partial charge in [-0.1, -0.05) is 0 Å². The monoisotopic (exact) mass is 211 g/mol. The van der Waals surface area contributed by atoms with E-state index >= 15 is 0 Å². The molecule has 2 saturated heterocycles. The van der Waals surface area contributed by atoms with E-state index in [1.165, 1.54) is 7.11 Å². The topological polar surface area (TPSA) is 46.6 Å². The third-order valence-electron chi connectivity index (χ3n) is 3.49. The zero-order valence-electron chi connectivity index (χ0n) is 9.07. The lowest BCUT2D eigenvalue weighted by Gasteiger charge is -2.42. The first kappa shape index (κ1) is 10.5. The number of nitrogens with zero attached hydrogens (tertiary/aromatic N) is 1. The van der Waals surface area contributed by atoms with Gasteiger partial charge in [0.25, 0.3) is 0 Å². The van der Waals surface area contributed by atoms with Gasteiger partial charge >= 0.3 is 5.97 Å². The quantitative estimate of drug-likeness (QED) is 0.607. The minimum absolute atomic E-state index is 0.0898. The summed E-state index contributed by atoms with van der Waals surface area (Å²) in [6.45, 7) is 0.816. The molecule has 4 nitrogen and oxygen atoms in total. The molecule has 15 heavy (non-hydrogen) atoms. The van der Waals surface area contributed by atoms with Gasteiger partial charge in [0.15, 0.2) is 0 Å². The Hall–Kier alpha value is -1.06. The van der Waals surface area contributed by atoms with Gasteiger partial charge in [0, 0.05) is 19.0 Å². The van der Waals surface area contributed by atoms with Crippen LogP contribution in [0.15, 0.2) is 0 Å². The molecule has 0 bridgehead atoms. The van der Waals surface area contributed by atoms with Crippen molar-refractivity contribution in [1.82, 2.24) is 4.90 Å². The number of piperidine rings is 2. The van der Waals surface area contributed by atoms with Crippen molar-refractivity contribution in [3.05, 3.63) is 0 Å². The Morgan fingerprint density at radius 1 is 1.40 bits per heavy atom. The van der Waals surface area contributed by atoms with E-state index in [1.54, 1.807) is 0 Å². The van der Waals surface area contributed by atoms with E-state index < -0.39 is 0 Å². The summed E-state index contributed by atoms with van der Waals surface area (Å²) in [5.41, 5.74) is 0. The number of fused-ring (bicyclic) bond motifs is 1. The van der Waals surface area contributed by atoms with Crippen LogP contribution in [0, 0.1) is 5.92 Å². The molecule has 2 heterocycles. The van der Waals surface area contributed by atoms with Crippen molar-refractivity contribution in [2.45, 2.75) is 38.1 Å². The van der Waals surface area contributed by atoms with Gasteiger partial charge in [-0.05, 0) is 25.7 Å². The molecule has 2 atom stereocenters. The van der Waals surface area contributed by atoms with Crippen LogP contribution in [0.5, 0.6) is 0 Å². The van der Waals surface area contributed by atoms with Gasteiger partial charge in [-0.3, -0.25) is 9.59 Å². The minimum atomic E-state index is -0.153. The Morgan fingerprint density at radius 3 is 2.93 bits per heavy atom. The fourth-order valence-electron chi connectivity index (χ4n) is 2.76. The first-order valence-electron chi connectivity index (χ1n) is 5.61. The Morgan fingerprint density at radius 2 is 2.20 bits per heavy atom. The molecular formula is C11H17NO3. The molecule has 2 aliphatic rings. The van der Waals surface area contributed by atoms with Crippen molar-refractivity contribution < 1.29 is 14.3 Å². The summed E-state index contributed by atoms with van der Waals surface area (Å²) in [7, 11) is 1.42. The van der Waals surface area contributed by atoms with Gasteiger partial charge in [0.05, 0.1) is 13.0 Å². The molecule has 0 spiro atoms. The number of esters is 1. The summed E-state index contributed by atoms with van der Waals surface area (Å²) in [6, 6.07) is 0.104. The molecule has 2 fully saturated rings. The first-order chi connectivity index (χ1) is 7.24. The second-order valence-electron chi connectivity index (χ2n) is 4.32. The number of hydrogen-bond acceptors (Lipinski definition) is 3. The minimum Gasteiger partial charge on any atom is -0.469 e. The van der Waals surface area contributed by atoms with Crippen LogP contribution >= 0.6 is 0 Å². The number of methoxy groups -OCH3 is 1. The molecule has 2 aliphatic heterocycles. The van der Waals surface area contributed by atoms with Gasteiger partial charge in [-0.15, -0.1) is 0 Å². The van der Waals surface area contributed by atoms with Crippen LogP contribution in [0.3, 0.4) is 0 Å². The van der Waals surface area contributed by atoms with Gasteiger partial charge in [-0.25, -0.2) is 0 Å². The molecule has 0 aromatic heterocycles. The molecule has 0 unspecified atom stereocenters. The molecule has 0 N–H and O–H groups in total. The van der Waals surface area contributed by atoms with Crippen LogP contribution in [0.1, 0.15) is 32.1 Å². The van der Waals surface area contributed by atoms with Crippen LogP contribution in [0.25, 0.3) is 0 Å². The second-order valence-corrected chi connectivity index (χ2v) is 4.32. The summed E-state index contributed by atoms with van der Waals surface area (Å²) in [5, 5.41) is 0. The maximum atomic E-state index is 11.7. The molecule has 0 saturated carbocycles. The highest BCUT2D eigenvalue weighted by molar-refractivity contribution is 5.80. The molecule has 0 radical (unpaired) electrons. The third-order valence-corrected chi connectivity index (χ3v) is 3.49. The predicted molar refractivity (Wildman–Crippen MR) is 54.1 cm³/mol. The van der Waals surface area contributed by atoms with Crippen molar-refractivity contribution in [3.63, 3.8) is 0 Å². The highest BCUT2D eigenvalue weighted by Crippen LogP contribution is 2.32. The SMILES string of the molecule is COC(=O)[C@H]1CCCN2C(=O)CCC[C@@H]12. The molecule has 2 rings (SSSR count). The predicted octanol–water partition coefficient (Wildman–Crippen LogP) is 0.950. The molecular weight excluding hydrogens is 194 g/mol. The van der Waals surface area contributed by atoms with E-state index in [1.807, 2.05) is 4.90 Å². The molecule has 0 aliphatic carbocycles. The standard InChI is InChI=1S/C11H17NO3/c1-15-11(14)8-4-3-7-12-9(8)5-2-6-10(12)13/h8-9H,2-7H2,1H3/t8-,9-/m0/s1. The smallest absolute Gasteiger partial charge is 0.310 e. The molecule has 0 aromatic carbocycles. The van der Waals surface area contributed by atoms with E-state index in [9.17, 15) is 9.59 Å². The number of hydrogen-bond donors (Lipinski definition) is 0. The number of ether oxygens (including phenoxy) is 1. The maximum Gasteiger partial charge on any atom is 0.310 e. The van der Waals surface area contributed by atoms with Crippen LogP contribution < -0.4 is 0 Å². The lowest BCUT2D eigenvalue weighted by atomic mass is 9.83. The lowest BCUT2D eigenvalue weighted by molar-refractivity contribution is -0.154. The Kier molecular flexibility index (Phi) is 2.93. The Balaban J connectivity index is 2.13. The lowest BCUT2D eigenvalue weighted by Crippen LogP contribution is -2.53. The molecule has 0 aromatic rings. The summed E-state index contributed by atoms with van der Waals surface area (Å²) in [5.74, 6) is -0.0350. The number of rotatable bonds is 1. The van der Waals surface area contributed by atoms with Crippen molar-refractivity contribution in [2.24, 2.45) is 5.92 Å². The Labute approximate surface area is 89.6 Å². The third kappa shape index (κ3) is 1.85. The average molecular weight is 211 g/mol. The van der Waals surface area contributed by atoms with Crippen molar-refractivity contribution in [2.75, 3.05) is 13.7 Å². The number of carbonyl (C=O) groups is 2. The zero-order chi connectivity index (χ0) is 10.8.